The second-order valence-electron chi connectivity index (χ2n) is 37.1. The topological polar surface area (TPSA) is 142 Å². The summed E-state index contributed by atoms with van der Waals surface area (Å²) in [5.41, 5.74) is 19.2. The molecule has 0 spiro atoms. The summed E-state index contributed by atoms with van der Waals surface area (Å²) >= 11 is 1.86. The Bertz CT molecular complexity index is 9950. The summed E-state index contributed by atoms with van der Waals surface area (Å²) in [6.45, 7) is 0. The lowest BCUT2D eigenvalue weighted by molar-refractivity contribution is 0.668. The minimum Gasteiger partial charge on any atom is -0.456 e. The maximum Gasteiger partial charge on any atom is 0.164 e. The molecule has 0 aliphatic carbocycles. The second-order valence-corrected chi connectivity index (χ2v) is 38.2. The predicted octanol–water partition coefficient (Wildman–Crippen LogP) is 36.2. The van der Waals surface area contributed by atoms with E-state index in [0.717, 1.165) is 116 Å². The van der Waals surface area contributed by atoms with Crippen LogP contribution in [0.15, 0.2) is 500 Å². The highest BCUT2D eigenvalue weighted by Crippen LogP contribution is 2.49. The Morgan fingerprint density at radius 2 is 0.347 bits per heavy atom. The number of rotatable bonds is 12. The Hall–Kier alpha value is -19.5. The first-order chi connectivity index (χ1) is 72.8. The molecule has 12 heteroatoms. The van der Waals surface area contributed by atoms with Gasteiger partial charge in [0.05, 0.1) is 0 Å². The van der Waals surface area contributed by atoms with Crippen molar-refractivity contribution in [2.75, 3.05) is 0 Å². The molecule has 0 saturated heterocycles. The molecule has 11 nitrogen and oxygen atoms in total. The molecule has 0 N–H and O–H groups in total. The summed E-state index contributed by atoms with van der Waals surface area (Å²) in [4.78, 5) is 44.9. The maximum absolute atomic E-state index is 6.31. The Morgan fingerprint density at radius 1 is 0.122 bits per heavy atom. The third-order valence-electron chi connectivity index (χ3n) is 28.5. The number of thiophene rings is 1. The van der Waals surface area contributed by atoms with Crippen LogP contribution in [0.5, 0.6) is 0 Å². The lowest BCUT2D eigenvalue weighted by Crippen LogP contribution is -2.00. The molecular weight excluding hydrogens is 1810 g/mol. The van der Waals surface area contributed by atoms with Gasteiger partial charge in [-0.05, 0) is 197 Å². The molecule has 30 rings (SSSR count). The van der Waals surface area contributed by atoms with Gasteiger partial charge in [-0.2, -0.15) is 0 Å². The van der Waals surface area contributed by atoms with Crippen molar-refractivity contribution in [1.82, 2.24) is 44.9 Å². The van der Waals surface area contributed by atoms with E-state index in [1.165, 1.54) is 129 Å². The molecule has 0 aliphatic heterocycles. The largest absolute Gasteiger partial charge is 0.456 e. The Balaban J connectivity index is 0.000000107. The van der Waals surface area contributed by atoms with Gasteiger partial charge in [0.25, 0.3) is 0 Å². The van der Waals surface area contributed by atoms with Crippen LogP contribution in [-0.2, 0) is 0 Å². The number of nitrogens with zero attached hydrogens (tertiary/aromatic N) is 9. The van der Waals surface area contributed by atoms with Crippen molar-refractivity contribution in [2.24, 2.45) is 0 Å². The highest BCUT2D eigenvalue weighted by Gasteiger charge is 2.25. The van der Waals surface area contributed by atoms with Crippen LogP contribution in [0.4, 0.5) is 0 Å². The Morgan fingerprint density at radius 3 is 0.714 bits per heavy atom. The van der Waals surface area contributed by atoms with Crippen LogP contribution in [0, 0.1) is 0 Å². The summed E-state index contributed by atoms with van der Waals surface area (Å²) in [5.74, 6) is 5.86. The number of hydrogen-bond donors (Lipinski definition) is 0. The van der Waals surface area contributed by atoms with Crippen molar-refractivity contribution < 1.29 is 8.83 Å². The average Bonchev–Trinajstić information content (AvgIpc) is 1.27. The van der Waals surface area contributed by atoms with Crippen LogP contribution in [0.3, 0.4) is 0 Å². The van der Waals surface area contributed by atoms with E-state index in [2.05, 4.69) is 285 Å². The van der Waals surface area contributed by atoms with Gasteiger partial charge in [0.1, 0.15) is 22.3 Å². The van der Waals surface area contributed by atoms with E-state index in [1.807, 2.05) is 218 Å². The minimum atomic E-state index is 0.641. The van der Waals surface area contributed by atoms with Crippen LogP contribution >= 0.6 is 11.3 Å². The maximum atomic E-state index is 6.31. The van der Waals surface area contributed by atoms with E-state index in [0.29, 0.717) is 52.4 Å². The van der Waals surface area contributed by atoms with Crippen molar-refractivity contribution in [3.63, 3.8) is 0 Å². The second kappa shape index (κ2) is 35.9. The molecular formula is C135H81N9O2S. The molecule has 0 saturated carbocycles. The molecule has 0 bridgehead atoms. The number of aromatic nitrogens is 9. The summed E-state index contributed by atoms with van der Waals surface area (Å²) in [7, 11) is 0. The monoisotopic (exact) mass is 1890 g/mol. The van der Waals surface area contributed by atoms with Crippen molar-refractivity contribution in [3.8, 4) is 136 Å². The first-order valence-electron chi connectivity index (χ1n) is 49.3. The molecule has 0 fully saturated rings. The zero-order valence-electron chi connectivity index (χ0n) is 79.0. The van der Waals surface area contributed by atoms with Gasteiger partial charge in [-0.1, -0.05) is 425 Å². The zero-order valence-corrected chi connectivity index (χ0v) is 79.8. The molecule has 0 atom stereocenters. The molecule has 0 radical (unpaired) electrons. The van der Waals surface area contributed by atoms with Gasteiger partial charge in [-0.15, -0.1) is 11.3 Å². The first kappa shape index (κ1) is 85.4. The fraction of sp³-hybridized carbons (Fsp3) is 0. The smallest absolute Gasteiger partial charge is 0.164 e. The van der Waals surface area contributed by atoms with Crippen LogP contribution in [0.2, 0.25) is 0 Å². The molecule has 0 aliphatic rings. The lowest BCUT2D eigenvalue weighted by atomic mass is 9.88. The molecule has 0 unspecified atom stereocenters. The molecule has 30 aromatic rings. The van der Waals surface area contributed by atoms with Gasteiger partial charge < -0.3 is 8.83 Å². The van der Waals surface area contributed by atoms with Crippen LogP contribution in [0.1, 0.15) is 0 Å². The number of benzene rings is 24. The summed E-state index contributed by atoms with van der Waals surface area (Å²) in [6.07, 6.45) is 0. The zero-order chi connectivity index (χ0) is 96.9. The molecule has 6 heterocycles. The van der Waals surface area contributed by atoms with Crippen LogP contribution < -0.4 is 0 Å². The molecule has 24 aromatic carbocycles. The van der Waals surface area contributed by atoms with Crippen LogP contribution in [0.25, 0.3) is 297 Å². The van der Waals surface area contributed by atoms with Crippen molar-refractivity contribution in [3.05, 3.63) is 491 Å². The summed E-state index contributed by atoms with van der Waals surface area (Å²) in [5, 5.41) is 28.9. The van der Waals surface area contributed by atoms with Crippen molar-refractivity contribution in [2.45, 2.75) is 0 Å². The van der Waals surface area contributed by atoms with Crippen molar-refractivity contribution >= 4 is 172 Å². The van der Waals surface area contributed by atoms with Gasteiger partial charge in [-0.25, -0.2) is 44.9 Å². The highest BCUT2D eigenvalue weighted by molar-refractivity contribution is 7.25. The van der Waals surface area contributed by atoms with Gasteiger partial charge in [0.2, 0.25) is 0 Å². The van der Waals surface area contributed by atoms with Gasteiger partial charge in [0, 0.05) is 91.8 Å². The molecule has 0 amide bonds. The summed E-state index contributed by atoms with van der Waals surface area (Å²) in [6, 6.07) is 172. The normalized spacial score (nSPS) is 11.7. The average molecular weight is 1890 g/mol. The number of para-hydroxylation sites is 2. The van der Waals surface area contributed by atoms with Crippen LogP contribution in [-0.4, -0.2) is 44.9 Å². The van der Waals surface area contributed by atoms with Gasteiger partial charge in [-0.3, -0.25) is 0 Å². The van der Waals surface area contributed by atoms with Gasteiger partial charge in [0.15, 0.2) is 52.4 Å². The fourth-order valence-electron chi connectivity index (χ4n) is 21.6. The van der Waals surface area contributed by atoms with E-state index in [-0.39, 0.29) is 0 Å². The third-order valence-corrected chi connectivity index (χ3v) is 29.7. The standard InChI is InChI=1S/2C45H27N3O.C45H27N3S/c1-3-12-28(13-4-1)43-46-44(29-14-5-2-6-15-29)48-45(47-43)31-22-24-37-38(27-31)34-17-8-7-16-33(34)36-20-11-19-32(42(36)37)30-23-25-41-39(26-30)35-18-9-10-21-40(35)49-41;2*1-3-12-28(13-4-1)43-46-44(29-14-5-2-6-15-29)48-45(47-43)31-23-25-38-39(26-31)34-17-8-7-16-33(34)37-20-11-19-32(42(37)38)30-22-24-36-35-18-9-10-21-40(35)49-41(36)27-30/h3*1-27H. The number of hydrogen-bond acceptors (Lipinski definition) is 12. The molecule has 147 heavy (non-hydrogen) atoms. The van der Waals surface area contributed by atoms with Crippen molar-refractivity contribution in [1.29, 1.82) is 0 Å². The molecule has 684 valence electrons. The fourth-order valence-corrected chi connectivity index (χ4v) is 22.8. The third kappa shape index (κ3) is 15.2. The lowest BCUT2D eigenvalue weighted by Gasteiger charge is -2.15. The Labute approximate surface area is 847 Å². The van der Waals surface area contributed by atoms with E-state index in [1.54, 1.807) is 0 Å². The number of fused-ring (bicyclic) bond motifs is 27. The molecule has 6 aromatic heterocycles. The predicted molar refractivity (Wildman–Crippen MR) is 610 cm³/mol. The SMILES string of the molecule is c1ccc(-c2nc(-c3ccccc3)nc(-c3ccc4c(c3)c3ccccc3c3cccc(-c5ccc6c(c5)oc5ccccc56)c34)n2)cc1.c1ccc(-c2nc(-c3ccccc3)nc(-c3ccc4c(c3)c3ccccc3c3cccc(-c5ccc6c(c5)sc5ccccc56)c34)n2)cc1.c1ccc(-c2nc(-c3ccccc3)nc(-c3ccc4c(c3)c3ccccc3c3cccc(-c5ccc6oc7ccccc7c6c5)c34)n2)cc1. The first-order valence-corrected chi connectivity index (χ1v) is 50.2. The highest BCUT2D eigenvalue weighted by atomic mass is 32.1. The number of furan rings is 2. The van der Waals surface area contributed by atoms with E-state index in [4.69, 9.17) is 53.7 Å². The Kier molecular flexibility index (Phi) is 20.9. The van der Waals surface area contributed by atoms with E-state index >= 15 is 0 Å². The quantitative estimate of drug-likeness (QED) is 0.108. The van der Waals surface area contributed by atoms with Gasteiger partial charge >= 0.3 is 0 Å². The minimum absolute atomic E-state index is 0.641. The van der Waals surface area contributed by atoms with E-state index in [9.17, 15) is 0 Å². The van der Waals surface area contributed by atoms with E-state index < -0.39 is 0 Å². The summed E-state index contributed by atoms with van der Waals surface area (Å²) < 4.78 is 15.1.